The van der Waals surface area contributed by atoms with Gasteiger partial charge in [-0.3, -0.25) is 9.69 Å². The van der Waals surface area contributed by atoms with Gasteiger partial charge in [0.15, 0.2) is 0 Å². The second kappa shape index (κ2) is 10.1. The maximum atomic E-state index is 12.5. The van der Waals surface area contributed by atoms with Crippen molar-refractivity contribution >= 4 is 11.9 Å². The molecule has 1 heterocycles. The Hall–Kier alpha value is -3.06. The normalized spacial score (nSPS) is 16.2. The van der Waals surface area contributed by atoms with Crippen molar-refractivity contribution in [2.75, 3.05) is 34.4 Å². The summed E-state index contributed by atoms with van der Waals surface area (Å²) in [5.41, 5.74) is 2.48. The number of nitrogens with one attached hydrogen (secondary N) is 1. The third-order valence-electron chi connectivity index (χ3n) is 5.37. The Labute approximate surface area is 176 Å². The van der Waals surface area contributed by atoms with Crippen molar-refractivity contribution in [3.05, 3.63) is 59.2 Å². The third kappa shape index (κ3) is 5.10. The predicted molar refractivity (Wildman–Crippen MR) is 113 cm³/mol. The predicted octanol–water partition coefficient (Wildman–Crippen LogP) is 2.94. The molecule has 7 nitrogen and oxygen atoms in total. The maximum Gasteiger partial charge on any atom is 0.337 e. The molecule has 2 aromatic carbocycles. The molecule has 1 fully saturated rings. The van der Waals surface area contributed by atoms with Gasteiger partial charge in [0.05, 0.1) is 33.4 Å². The summed E-state index contributed by atoms with van der Waals surface area (Å²) in [7, 11) is 4.63. The van der Waals surface area contributed by atoms with Crippen molar-refractivity contribution in [2.24, 2.45) is 0 Å². The second-order valence-electron chi connectivity index (χ2n) is 7.20. The summed E-state index contributed by atoms with van der Waals surface area (Å²) in [5, 5.41) is 2.96. The quantitative estimate of drug-likeness (QED) is 0.672. The van der Waals surface area contributed by atoms with Gasteiger partial charge in [0.2, 0.25) is 5.91 Å². The van der Waals surface area contributed by atoms with Crippen LogP contribution in [0.5, 0.6) is 11.5 Å². The fraction of sp³-hybridized carbons (Fsp3) is 0.391. The van der Waals surface area contributed by atoms with Crippen molar-refractivity contribution < 1.29 is 23.8 Å². The van der Waals surface area contributed by atoms with Gasteiger partial charge in [-0.25, -0.2) is 4.79 Å². The van der Waals surface area contributed by atoms with Crippen LogP contribution in [0.1, 0.15) is 40.4 Å². The lowest BCUT2D eigenvalue weighted by molar-refractivity contribution is -0.122. The largest absolute Gasteiger partial charge is 0.497 e. The van der Waals surface area contributed by atoms with Gasteiger partial charge in [0.25, 0.3) is 0 Å². The Morgan fingerprint density at radius 1 is 1.07 bits per heavy atom. The molecule has 2 aromatic rings. The number of amides is 1. The van der Waals surface area contributed by atoms with Gasteiger partial charge in [-0.15, -0.1) is 0 Å². The van der Waals surface area contributed by atoms with Crippen LogP contribution in [0.3, 0.4) is 0 Å². The zero-order valence-electron chi connectivity index (χ0n) is 17.6. The highest BCUT2D eigenvalue weighted by Gasteiger charge is 2.29. The lowest BCUT2D eigenvalue weighted by atomic mass is 10.0. The summed E-state index contributed by atoms with van der Waals surface area (Å²) < 4.78 is 15.5. The first-order chi connectivity index (χ1) is 14.5. The number of hydrogen-bond donors (Lipinski definition) is 1. The topological polar surface area (TPSA) is 77.1 Å². The minimum atomic E-state index is -0.375. The molecule has 0 aromatic heterocycles. The Morgan fingerprint density at radius 2 is 1.83 bits per heavy atom. The van der Waals surface area contributed by atoms with Crippen LogP contribution in [0.2, 0.25) is 0 Å². The molecule has 0 radical (unpaired) electrons. The minimum absolute atomic E-state index is 0.0357. The van der Waals surface area contributed by atoms with Crippen molar-refractivity contribution in [3.63, 3.8) is 0 Å². The molecule has 0 bridgehead atoms. The highest BCUT2D eigenvalue weighted by Crippen LogP contribution is 2.38. The van der Waals surface area contributed by atoms with E-state index >= 15 is 0 Å². The molecular formula is C23H28N2O5. The molecule has 7 heteroatoms. The van der Waals surface area contributed by atoms with Gasteiger partial charge < -0.3 is 19.5 Å². The average Bonchev–Trinajstić information content (AvgIpc) is 3.24. The molecule has 0 unspecified atom stereocenters. The number of carbonyl (C=O) groups is 2. The summed E-state index contributed by atoms with van der Waals surface area (Å²) >= 11 is 0. The molecule has 0 aliphatic carbocycles. The number of nitrogens with zero attached hydrogens (tertiary/aromatic N) is 1. The van der Waals surface area contributed by atoms with E-state index < -0.39 is 0 Å². The number of carbonyl (C=O) groups excluding carboxylic acids is 2. The van der Waals surface area contributed by atoms with E-state index in [4.69, 9.17) is 14.2 Å². The van der Waals surface area contributed by atoms with E-state index in [0.29, 0.717) is 18.7 Å². The number of likely N-dealkylation sites (tertiary alicyclic amines) is 1. The second-order valence-corrected chi connectivity index (χ2v) is 7.20. The fourth-order valence-electron chi connectivity index (χ4n) is 3.78. The first kappa shape index (κ1) is 21.6. The average molecular weight is 412 g/mol. The van der Waals surface area contributed by atoms with Gasteiger partial charge in [-0.1, -0.05) is 18.2 Å². The number of esters is 1. The molecule has 1 atom stereocenters. The van der Waals surface area contributed by atoms with Crippen LogP contribution in [0.15, 0.2) is 42.5 Å². The van der Waals surface area contributed by atoms with Gasteiger partial charge in [-0.2, -0.15) is 0 Å². The summed E-state index contributed by atoms with van der Waals surface area (Å²) in [5.74, 6) is 1.11. The van der Waals surface area contributed by atoms with E-state index in [1.54, 1.807) is 26.4 Å². The van der Waals surface area contributed by atoms with Crippen LogP contribution in [-0.2, 0) is 16.1 Å². The Morgan fingerprint density at radius 3 is 2.50 bits per heavy atom. The van der Waals surface area contributed by atoms with Crippen molar-refractivity contribution in [1.82, 2.24) is 10.2 Å². The molecule has 0 saturated carbocycles. The molecule has 3 rings (SSSR count). The smallest absolute Gasteiger partial charge is 0.337 e. The highest BCUT2D eigenvalue weighted by molar-refractivity contribution is 5.89. The lowest BCUT2D eigenvalue weighted by Gasteiger charge is -2.26. The monoisotopic (exact) mass is 412 g/mol. The summed E-state index contributed by atoms with van der Waals surface area (Å²) in [6.07, 6.45) is 2.01. The summed E-state index contributed by atoms with van der Waals surface area (Å²) in [6.45, 7) is 1.59. The standard InChI is InChI=1S/C23H28N2O5/c1-28-18-10-11-19(21(13-18)29-2)20-5-4-12-25(20)15-22(26)24-14-16-6-8-17(9-7-16)23(27)30-3/h6-11,13,20H,4-5,12,14-15H2,1-3H3,(H,24,26)/t20-/m0/s1. The van der Waals surface area contributed by atoms with Gasteiger partial charge >= 0.3 is 5.97 Å². The molecule has 30 heavy (non-hydrogen) atoms. The minimum Gasteiger partial charge on any atom is -0.497 e. The zero-order chi connectivity index (χ0) is 21.5. The summed E-state index contributed by atoms with van der Waals surface area (Å²) in [6, 6.07) is 13.0. The van der Waals surface area contributed by atoms with Gasteiger partial charge in [0, 0.05) is 24.2 Å². The van der Waals surface area contributed by atoms with E-state index in [-0.39, 0.29) is 17.9 Å². The van der Waals surface area contributed by atoms with Gasteiger partial charge in [-0.05, 0) is 43.1 Å². The number of methoxy groups -OCH3 is 3. The number of ether oxygens (including phenoxy) is 3. The zero-order valence-corrected chi connectivity index (χ0v) is 17.6. The van der Waals surface area contributed by atoms with Crippen LogP contribution in [-0.4, -0.2) is 51.2 Å². The molecule has 1 saturated heterocycles. The molecule has 160 valence electrons. The van der Waals surface area contributed by atoms with Crippen LogP contribution in [0.4, 0.5) is 0 Å². The molecule has 1 aliphatic rings. The molecular weight excluding hydrogens is 384 g/mol. The van der Waals surface area contributed by atoms with Crippen LogP contribution >= 0.6 is 0 Å². The molecule has 1 N–H and O–H groups in total. The van der Waals surface area contributed by atoms with Crippen LogP contribution < -0.4 is 14.8 Å². The van der Waals surface area contributed by atoms with Gasteiger partial charge in [0.1, 0.15) is 11.5 Å². The SMILES string of the molecule is COC(=O)c1ccc(CNC(=O)CN2CCC[C@H]2c2ccc(OC)cc2OC)cc1. The first-order valence-electron chi connectivity index (χ1n) is 9.95. The Balaban J connectivity index is 1.59. The maximum absolute atomic E-state index is 12.5. The van der Waals surface area contributed by atoms with Crippen molar-refractivity contribution in [2.45, 2.75) is 25.4 Å². The van der Waals surface area contributed by atoms with Crippen molar-refractivity contribution in [3.8, 4) is 11.5 Å². The summed E-state index contributed by atoms with van der Waals surface area (Å²) in [4.78, 5) is 26.2. The van der Waals surface area contributed by atoms with Crippen LogP contribution in [0.25, 0.3) is 0 Å². The molecule has 1 amide bonds. The first-order valence-corrected chi connectivity index (χ1v) is 9.95. The van der Waals surface area contributed by atoms with Crippen molar-refractivity contribution in [1.29, 1.82) is 0 Å². The van der Waals surface area contributed by atoms with E-state index in [9.17, 15) is 9.59 Å². The number of hydrogen-bond acceptors (Lipinski definition) is 6. The highest BCUT2D eigenvalue weighted by atomic mass is 16.5. The Bertz CT molecular complexity index is 882. The fourth-order valence-corrected chi connectivity index (χ4v) is 3.78. The molecule has 1 aliphatic heterocycles. The van der Waals surface area contributed by atoms with E-state index in [0.717, 1.165) is 42.0 Å². The number of rotatable bonds is 8. The van der Waals surface area contributed by atoms with E-state index in [1.165, 1.54) is 7.11 Å². The lowest BCUT2D eigenvalue weighted by Crippen LogP contribution is -2.36. The third-order valence-corrected chi connectivity index (χ3v) is 5.37. The van der Waals surface area contributed by atoms with Crippen LogP contribution in [0, 0.1) is 0 Å². The number of benzene rings is 2. The van der Waals surface area contributed by atoms with E-state index in [1.807, 2.05) is 30.3 Å². The molecule has 0 spiro atoms. The van der Waals surface area contributed by atoms with E-state index in [2.05, 4.69) is 10.2 Å². The Kier molecular flexibility index (Phi) is 7.30.